The molecule has 0 unspecified atom stereocenters. The Morgan fingerprint density at radius 2 is 2.12 bits per heavy atom. The maximum Gasteiger partial charge on any atom is 0.419 e. The molecule has 3 heterocycles. The number of hydrogen-bond donors (Lipinski definition) is 2. The molecule has 1 amide bonds. The fourth-order valence-corrected chi connectivity index (χ4v) is 2.66. The molecule has 7 nitrogen and oxygen atoms in total. The highest BCUT2D eigenvalue weighted by molar-refractivity contribution is 5.96. The Balaban J connectivity index is 1.75. The molecule has 2 aromatic rings. The van der Waals surface area contributed by atoms with Gasteiger partial charge in [-0.3, -0.25) is 9.36 Å². The van der Waals surface area contributed by atoms with E-state index in [-0.39, 0.29) is 18.9 Å². The highest BCUT2D eigenvalue weighted by Crippen LogP contribution is 2.19. The number of amides is 1. The number of rotatable bonds is 2. The number of alkyl halides is 1. The van der Waals surface area contributed by atoms with Crippen LogP contribution in [0.2, 0.25) is 0 Å². The predicted octanol–water partition coefficient (Wildman–Crippen LogP) is 2.46. The monoisotopic (exact) mass is 348 g/mol. The van der Waals surface area contributed by atoms with Gasteiger partial charge in [0, 0.05) is 19.2 Å². The average molecular weight is 348 g/mol. The Hall–Kier alpha value is -2.48. The first kappa shape index (κ1) is 17.3. The molecule has 0 bridgehead atoms. The molecule has 0 radical (unpaired) electrons. The van der Waals surface area contributed by atoms with E-state index in [0.29, 0.717) is 16.9 Å². The van der Waals surface area contributed by atoms with Crippen molar-refractivity contribution in [3.63, 3.8) is 0 Å². The number of nitrogens with zero attached hydrogens (tertiary/aromatic N) is 2. The summed E-state index contributed by atoms with van der Waals surface area (Å²) in [5, 5.41) is 5.49. The van der Waals surface area contributed by atoms with Crippen LogP contribution >= 0.6 is 0 Å². The van der Waals surface area contributed by atoms with Crippen molar-refractivity contribution in [2.45, 2.75) is 45.0 Å². The van der Waals surface area contributed by atoms with Crippen molar-refractivity contribution >= 4 is 28.9 Å². The molecule has 2 aromatic heterocycles. The van der Waals surface area contributed by atoms with Crippen molar-refractivity contribution in [2.24, 2.45) is 0 Å². The van der Waals surface area contributed by atoms with E-state index in [4.69, 9.17) is 4.74 Å². The molecule has 25 heavy (non-hydrogen) atoms. The Morgan fingerprint density at radius 1 is 1.36 bits per heavy atom. The average Bonchev–Trinajstić information content (AvgIpc) is 3.11. The zero-order chi connectivity index (χ0) is 18.2. The van der Waals surface area contributed by atoms with Crippen molar-refractivity contribution < 1.29 is 18.7 Å². The molecule has 2 atom stereocenters. The van der Waals surface area contributed by atoms with Gasteiger partial charge in [-0.2, -0.15) is 0 Å². The van der Waals surface area contributed by atoms with Crippen molar-refractivity contribution in [3.05, 3.63) is 24.4 Å². The van der Waals surface area contributed by atoms with Gasteiger partial charge in [0.05, 0.1) is 17.1 Å². The number of aromatic nitrogens is 2. The zero-order valence-electron chi connectivity index (χ0n) is 14.4. The number of pyridine rings is 1. The standard InChI is InChI=1S/C17H21FN4O3/c1-17(2,3)25-16(24)22-7-6-11-13(22)4-5-14(20-11)21-15(23)12-8-10(18)9-19-12/h4-7,10,12,19H,8-9H2,1-3H3,(H,20,21,23)/t10-,12-/m1/s1. The van der Waals surface area contributed by atoms with Crippen molar-refractivity contribution in [2.75, 3.05) is 11.9 Å². The molecule has 3 rings (SSSR count). The van der Waals surface area contributed by atoms with Crippen LogP contribution in [0.15, 0.2) is 24.4 Å². The first-order valence-electron chi connectivity index (χ1n) is 8.13. The largest absolute Gasteiger partial charge is 0.443 e. The summed E-state index contributed by atoms with van der Waals surface area (Å²) in [4.78, 5) is 28.6. The maximum absolute atomic E-state index is 13.2. The molecule has 1 saturated heterocycles. The molecular weight excluding hydrogens is 327 g/mol. The van der Waals surface area contributed by atoms with E-state index < -0.39 is 23.9 Å². The lowest BCUT2D eigenvalue weighted by Gasteiger charge is -2.19. The molecule has 0 saturated carbocycles. The lowest BCUT2D eigenvalue weighted by atomic mass is 10.2. The second kappa shape index (κ2) is 6.44. The van der Waals surface area contributed by atoms with Crippen LogP contribution in [-0.4, -0.2) is 45.9 Å². The summed E-state index contributed by atoms with van der Waals surface area (Å²) in [6.45, 7) is 5.56. The van der Waals surface area contributed by atoms with Crippen LogP contribution in [0.3, 0.4) is 0 Å². The van der Waals surface area contributed by atoms with E-state index >= 15 is 0 Å². The number of halogens is 1. The molecule has 1 aliphatic heterocycles. The summed E-state index contributed by atoms with van der Waals surface area (Å²) in [5.74, 6) is 0.0297. The highest BCUT2D eigenvalue weighted by atomic mass is 19.1. The van der Waals surface area contributed by atoms with Crippen LogP contribution < -0.4 is 10.6 Å². The van der Waals surface area contributed by atoms with E-state index in [9.17, 15) is 14.0 Å². The number of hydrogen-bond acceptors (Lipinski definition) is 5. The van der Waals surface area contributed by atoms with E-state index in [1.165, 1.54) is 4.57 Å². The van der Waals surface area contributed by atoms with Gasteiger partial charge in [-0.25, -0.2) is 14.2 Å². The number of carbonyl (C=O) groups excluding carboxylic acids is 2. The van der Waals surface area contributed by atoms with Crippen LogP contribution in [0.5, 0.6) is 0 Å². The summed E-state index contributed by atoms with van der Waals surface area (Å²) in [6, 6.07) is 4.39. The van der Waals surface area contributed by atoms with Crippen LogP contribution in [0.25, 0.3) is 11.0 Å². The molecule has 0 aromatic carbocycles. The summed E-state index contributed by atoms with van der Waals surface area (Å²) in [5.41, 5.74) is 0.527. The Bertz CT molecular complexity index is 812. The highest BCUT2D eigenvalue weighted by Gasteiger charge is 2.29. The van der Waals surface area contributed by atoms with Crippen LogP contribution in [0, 0.1) is 0 Å². The second-order valence-electron chi connectivity index (χ2n) is 7.05. The van der Waals surface area contributed by atoms with Gasteiger partial charge in [0.2, 0.25) is 5.91 Å². The topological polar surface area (TPSA) is 85.2 Å². The van der Waals surface area contributed by atoms with Crippen molar-refractivity contribution in [1.29, 1.82) is 0 Å². The van der Waals surface area contributed by atoms with Gasteiger partial charge in [-0.15, -0.1) is 0 Å². The second-order valence-corrected chi connectivity index (χ2v) is 7.05. The van der Waals surface area contributed by atoms with E-state index in [0.717, 1.165) is 0 Å². The first-order chi connectivity index (χ1) is 11.7. The van der Waals surface area contributed by atoms with Gasteiger partial charge in [-0.05, 0) is 39.0 Å². The van der Waals surface area contributed by atoms with Gasteiger partial charge in [0.1, 0.15) is 17.6 Å². The normalized spacial score (nSPS) is 20.6. The maximum atomic E-state index is 13.2. The number of carbonyl (C=O) groups is 2. The van der Waals surface area contributed by atoms with Crippen LogP contribution in [0.4, 0.5) is 15.0 Å². The minimum absolute atomic E-state index is 0.156. The SMILES string of the molecule is CC(C)(C)OC(=O)n1ccc2nc(NC(=O)[C@H]3C[C@@H](F)CN3)ccc21. The number of anilines is 1. The lowest BCUT2D eigenvalue weighted by Crippen LogP contribution is -2.35. The van der Waals surface area contributed by atoms with Gasteiger partial charge in [0.15, 0.2) is 0 Å². The van der Waals surface area contributed by atoms with E-state index in [1.807, 2.05) is 0 Å². The molecule has 1 fully saturated rings. The van der Waals surface area contributed by atoms with Gasteiger partial charge < -0.3 is 15.4 Å². The summed E-state index contributed by atoms with van der Waals surface area (Å²) in [6.07, 6.45) is 0.228. The smallest absolute Gasteiger partial charge is 0.419 e. The molecular formula is C17H21FN4O3. The lowest BCUT2D eigenvalue weighted by molar-refractivity contribution is -0.117. The molecule has 0 spiro atoms. The van der Waals surface area contributed by atoms with E-state index in [2.05, 4.69) is 15.6 Å². The van der Waals surface area contributed by atoms with Crippen molar-refractivity contribution in [3.8, 4) is 0 Å². The number of nitrogens with one attached hydrogen (secondary N) is 2. The van der Waals surface area contributed by atoms with Crippen LogP contribution in [0.1, 0.15) is 27.2 Å². The molecule has 0 aliphatic carbocycles. The summed E-state index contributed by atoms with van der Waals surface area (Å²) < 4.78 is 19.9. The minimum atomic E-state index is -1.01. The number of ether oxygens (including phenoxy) is 1. The Kier molecular flexibility index (Phi) is 4.47. The molecule has 8 heteroatoms. The molecule has 1 aliphatic rings. The zero-order valence-corrected chi connectivity index (χ0v) is 14.4. The third-order valence-electron chi connectivity index (χ3n) is 3.78. The third-order valence-corrected chi connectivity index (χ3v) is 3.78. The predicted molar refractivity (Wildman–Crippen MR) is 91.3 cm³/mol. The fourth-order valence-electron chi connectivity index (χ4n) is 2.66. The molecule has 134 valence electrons. The minimum Gasteiger partial charge on any atom is -0.443 e. The third kappa shape index (κ3) is 3.96. The van der Waals surface area contributed by atoms with Gasteiger partial charge in [-0.1, -0.05) is 0 Å². The van der Waals surface area contributed by atoms with E-state index in [1.54, 1.807) is 45.2 Å². The molecule has 2 N–H and O–H groups in total. The van der Waals surface area contributed by atoms with Gasteiger partial charge >= 0.3 is 6.09 Å². The Morgan fingerprint density at radius 3 is 2.76 bits per heavy atom. The number of fused-ring (bicyclic) bond motifs is 1. The fraction of sp³-hybridized carbons (Fsp3) is 0.471. The van der Waals surface area contributed by atoms with Gasteiger partial charge in [0.25, 0.3) is 0 Å². The quantitative estimate of drug-likeness (QED) is 0.871. The summed E-state index contributed by atoms with van der Waals surface area (Å²) >= 11 is 0. The van der Waals surface area contributed by atoms with Crippen LogP contribution in [-0.2, 0) is 9.53 Å². The van der Waals surface area contributed by atoms with Crippen molar-refractivity contribution in [1.82, 2.24) is 14.9 Å². The first-order valence-corrected chi connectivity index (χ1v) is 8.13. The Labute approximate surface area is 144 Å². The summed E-state index contributed by atoms with van der Waals surface area (Å²) in [7, 11) is 0.